The first-order valence-electron chi connectivity index (χ1n) is 7.08. The third-order valence-electron chi connectivity index (χ3n) is 3.62. The minimum absolute atomic E-state index is 0.0460. The van der Waals surface area contributed by atoms with Crippen LogP contribution in [0.4, 0.5) is 14.5 Å². The number of amides is 1. The van der Waals surface area contributed by atoms with E-state index in [-0.39, 0.29) is 23.1 Å². The van der Waals surface area contributed by atoms with Gasteiger partial charge in [-0.05, 0) is 25.5 Å². The van der Waals surface area contributed by atoms with Crippen LogP contribution in [0, 0.1) is 17.6 Å². The van der Waals surface area contributed by atoms with E-state index < -0.39 is 11.6 Å². The number of likely N-dealkylation sites (tertiary alicyclic amines) is 1. The Kier molecular flexibility index (Phi) is 5.12. The van der Waals surface area contributed by atoms with Crippen LogP contribution in [0.1, 0.15) is 23.7 Å². The lowest BCUT2D eigenvalue weighted by molar-refractivity contribution is 0.0774. The predicted octanol–water partition coefficient (Wildman–Crippen LogP) is 2.51. The lowest BCUT2D eigenvalue weighted by atomic mass is 10.1. The lowest BCUT2D eigenvalue weighted by Crippen LogP contribution is -2.29. The molecule has 1 aliphatic rings. The normalized spacial score (nSPS) is 18.1. The molecule has 0 radical (unpaired) electrons. The summed E-state index contributed by atoms with van der Waals surface area (Å²) in [4.78, 5) is 13.9. The van der Waals surface area contributed by atoms with Crippen LogP contribution in [0.2, 0.25) is 0 Å². The van der Waals surface area contributed by atoms with Crippen molar-refractivity contribution in [3.8, 4) is 0 Å². The van der Waals surface area contributed by atoms with Gasteiger partial charge in [0.2, 0.25) is 0 Å². The maximum atomic E-state index is 13.8. The van der Waals surface area contributed by atoms with Gasteiger partial charge in [-0.2, -0.15) is 0 Å². The van der Waals surface area contributed by atoms with Crippen LogP contribution < -0.4 is 5.32 Å². The summed E-state index contributed by atoms with van der Waals surface area (Å²) < 4.78 is 32.8. The van der Waals surface area contributed by atoms with Crippen LogP contribution >= 0.6 is 0 Å². The number of benzene rings is 1. The van der Waals surface area contributed by atoms with Crippen molar-refractivity contribution in [2.45, 2.75) is 13.3 Å². The van der Waals surface area contributed by atoms with Gasteiger partial charge in [0, 0.05) is 38.2 Å². The summed E-state index contributed by atoms with van der Waals surface area (Å²) in [6.45, 7) is 3.89. The maximum absolute atomic E-state index is 13.8. The smallest absolute Gasteiger partial charge is 0.254 e. The fourth-order valence-corrected chi connectivity index (χ4v) is 2.61. The molecule has 1 aromatic rings. The molecule has 1 heterocycles. The third-order valence-corrected chi connectivity index (χ3v) is 3.62. The molecule has 2 rings (SSSR count). The van der Waals surface area contributed by atoms with Crippen LogP contribution in [0.25, 0.3) is 0 Å². The molecular weight excluding hydrogens is 278 g/mol. The predicted molar refractivity (Wildman–Crippen MR) is 76.4 cm³/mol. The molecule has 1 amide bonds. The molecule has 1 atom stereocenters. The summed E-state index contributed by atoms with van der Waals surface area (Å²) in [6, 6.07) is 2.18. The topological polar surface area (TPSA) is 41.6 Å². The minimum atomic E-state index is -0.743. The molecule has 1 fully saturated rings. The van der Waals surface area contributed by atoms with Gasteiger partial charge in [-0.3, -0.25) is 4.79 Å². The average molecular weight is 298 g/mol. The average Bonchev–Trinajstić information content (AvgIpc) is 2.91. The van der Waals surface area contributed by atoms with Gasteiger partial charge in [-0.15, -0.1) is 0 Å². The van der Waals surface area contributed by atoms with E-state index in [1.165, 1.54) is 0 Å². The van der Waals surface area contributed by atoms with E-state index in [1.807, 2.05) is 0 Å². The summed E-state index contributed by atoms with van der Waals surface area (Å²) >= 11 is 0. The van der Waals surface area contributed by atoms with Crippen molar-refractivity contribution in [2.24, 2.45) is 5.92 Å². The number of rotatable bonds is 5. The summed E-state index contributed by atoms with van der Waals surface area (Å²) in [5, 5.41) is 2.61. The van der Waals surface area contributed by atoms with Crippen molar-refractivity contribution >= 4 is 11.6 Å². The maximum Gasteiger partial charge on any atom is 0.254 e. The summed E-state index contributed by atoms with van der Waals surface area (Å²) in [6.07, 6.45) is 0.847. The highest BCUT2D eigenvalue weighted by Crippen LogP contribution is 2.24. The molecule has 116 valence electrons. The number of hydrogen-bond acceptors (Lipinski definition) is 3. The van der Waals surface area contributed by atoms with Crippen LogP contribution in [-0.4, -0.2) is 44.2 Å². The van der Waals surface area contributed by atoms with Crippen molar-refractivity contribution in [1.29, 1.82) is 0 Å². The number of nitrogens with one attached hydrogen (secondary N) is 1. The molecule has 1 unspecified atom stereocenters. The van der Waals surface area contributed by atoms with Gasteiger partial charge in [0.25, 0.3) is 5.91 Å². The van der Waals surface area contributed by atoms with Gasteiger partial charge in [-0.1, -0.05) is 0 Å². The van der Waals surface area contributed by atoms with Gasteiger partial charge in [0.15, 0.2) is 0 Å². The zero-order valence-corrected chi connectivity index (χ0v) is 12.3. The van der Waals surface area contributed by atoms with E-state index in [9.17, 15) is 13.6 Å². The number of anilines is 1. The van der Waals surface area contributed by atoms with Crippen LogP contribution in [-0.2, 0) is 4.74 Å². The zero-order chi connectivity index (χ0) is 15.4. The van der Waals surface area contributed by atoms with Crippen LogP contribution in [0.3, 0.4) is 0 Å². The van der Waals surface area contributed by atoms with E-state index in [4.69, 9.17) is 4.74 Å². The molecule has 1 aliphatic heterocycles. The highest BCUT2D eigenvalue weighted by atomic mass is 19.1. The Morgan fingerprint density at radius 3 is 2.67 bits per heavy atom. The highest BCUT2D eigenvalue weighted by molar-refractivity contribution is 5.94. The second-order valence-corrected chi connectivity index (χ2v) is 5.21. The number of carbonyl (C=O) groups is 1. The molecule has 0 bridgehead atoms. The van der Waals surface area contributed by atoms with E-state index in [1.54, 1.807) is 18.9 Å². The Bertz CT molecular complexity index is 499. The first-order valence-corrected chi connectivity index (χ1v) is 7.08. The van der Waals surface area contributed by atoms with Crippen molar-refractivity contribution in [1.82, 2.24) is 4.90 Å². The monoisotopic (exact) mass is 298 g/mol. The Morgan fingerprint density at radius 1 is 1.43 bits per heavy atom. The molecule has 1 aromatic carbocycles. The first-order chi connectivity index (χ1) is 10.1. The summed E-state index contributed by atoms with van der Waals surface area (Å²) in [7, 11) is 1.62. The summed E-state index contributed by atoms with van der Waals surface area (Å²) in [5.41, 5.74) is -0.141. The molecular formula is C15H20F2N2O2. The lowest BCUT2D eigenvalue weighted by Gasteiger charge is -2.17. The van der Waals surface area contributed by atoms with Gasteiger partial charge < -0.3 is 15.0 Å². The quantitative estimate of drug-likeness (QED) is 0.908. The molecule has 1 saturated heterocycles. The zero-order valence-electron chi connectivity index (χ0n) is 12.3. The third kappa shape index (κ3) is 3.50. The van der Waals surface area contributed by atoms with E-state index in [0.29, 0.717) is 26.2 Å². The number of carbonyl (C=O) groups excluding carboxylic acids is 1. The van der Waals surface area contributed by atoms with E-state index >= 15 is 0 Å². The van der Waals surface area contributed by atoms with Crippen LogP contribution in [0.5, 0.6) is 0 Å². The molecule has 1 N–H and O–H groups in total. The number of nitrogens with zero attached hydrogens (tertiary/aromatic N) is 1. The standard InChI is InChI=1S/C15H20F2N2O2/c1-3-18-14-12(16)6-11(7-13(14)17)15(20)19-5-4-10(8-19)9-21-2/h6-7,10,18H,3-5,8-9H2,1-2H3. The highest BCUT2D eigenvalue weighted by Gasteiger charge is 2.27. The molecule has 0 spiro atoms. The fraction of sp³-hybridized carbons (Fsp3) is 0.533. The molecule has 0 aliphatic carbocycles. The van der Waals surface area contributed by atoms with Crippen molar-refractivity contribution in [2.75, 3.05) is 38.7 Å². The second-order valence-electron chi connectivity index (χ2n) is 5.21. The van der Waals surface area contributed by atoms with E-state index in [0.717, 1.165) is 18.6 Å². The van der Waals surface area contributed by atoms with Gasteiger partial charge in [0.05, 0.1) is 6.61 Å². The van der Waals surface area contributed by atoms with Crippen LogP contribution in [0.15, 0.2) is 12.1 Å². The molecule has 0 saturated carbocycles. The van der Waals surface area contributed by atoms with Crippen molar-refractivity contribution < 1.29 is 18.3 Å². The first kappa shape index (κ1) is 15.7. The van der Waals surface area contributed by atoms with Gasteiger partial charge in [-0.25, -0.2) is 8.78 Å². The Labute approximate surface area is 123 Å². The Balaban J connectivity index is 2.13. The number of halogens is 2. The number of ether oxygens (including phenoxy) is 1. The second kappa shape index (κ2) is 6.85. The number of hydrogen-bond donors (Lipinski definition) is 1. The Morgan fingerprint density at radius 2 is 2.10 bits per heavy atom. The van der Waals surface area contributed by atoms with E-state index in [2.05, 4.69) is 5.32 Å². The number of methoxy groups -OCH3 is 1. The van der Waals surface area contributed by atoms with Gasteiger partial charge in [0.1, 0.15) is 17.3 Å². The molecule has 6 heteroatoms. The molecule has 4 nitrogen and oxygen atoms in total. The minimum Gasteiger partial charge on any atom is -0.384 e. The molecule has 0 aromatic heterocycles. The Hall–Kier alpha value is -1.69. The van der Waals surface area contributed by atoms with Gasteiger partial charge >= 0.3 is 0 Å². The largest absolute Gasteiger partial charge is 0.384 e. The summed E-state index contributed by atoms with van der Waals surface area (Å²) in [5.74, 6) is -1.54. The van der Waals surface area contributed by atoms with Crippen molar-refractivity contribution in [3.63, 3.8) is 0 Å². The van der Waals surface area contributed by atoms with Crippen molar-refractivity contribution in [3.05, 3.63) is 29.3 Å². The molecule has 21 heavy (non-hydrogen) atoms. The fourth-order valence-electron chi connectivity index (χ4n) is 2.61. The SMILES string of the molecule is CCNc1c(F)cc(C(=O)N2CCC(COC)C2)cc1F.